The minimum Gasteiger partial charge on any atom is -0.497 e. The molecule has 1 aromatic carbocycles. The first-order valence-corrected chi connectivity index (χ1v) is 7.18. The summed E-state index contributed by atoms with van der Waals surface area (Å²) in [4.78, 5) is 11.8. The van der Waals surface area contributed by atoms with Crippen LogP contribution in [0, 0.1) is 0 Å². The van der Waals surface area contributed by atoms with E-state index in [0.717, 1.165) is 0 Å². The fourth-order valence-corrected chi connectivity index (χ4v) is 1.95. The van der Waals surface area contributed by atoms with Gasteiger partial charge in [-0.2, -0.15) is 0 Å². The molecule has 1 rings (SSSR count). The topological polar surface area (TPSA) is 111 Å². The quantitative estimate of drug-likeness (QED) is 0.614. The molecule has 0 aliphatic heterocycles. The van der Waals surface area contributed by atoms with Gasteiger partial charge in [-0.3, -0.25) is 4.79 Å². The predicted molar refractivity (Wildman–Crippen MR) is 72.6 cm³/mol. The van der Waals surface area contributed by atoms with Crippen LogP contribution in [0.4, 0.5) is 5.69 Å². The number of carbonyl (C=O) groups excluding carboxylic acids is 1. The van der Waals surface area contributed by atoms with E-state index >= 15 is 0 Å². The average Bonchev–Trinajstić information content (AvgIpc) is 2.38. The van der Waals surface area contributed by atoms with E-state index in [4.69, 9.17) is 10.5 Å². The third-order valence-electron chi connectivity index (χ3n) is 2.47. The van der Waals surface area contributed by atoms with Gasteiger partial charge in [0.15, 0.2) is 0 Å². The normalized spacial score (nSPS) is 11.1. The Bertz CT molecular complexity index is 557. The van der Waals surface area contributed by atoms with E-state index in [2.05, 4.69) is 10.0 Å². The summed E-state index contributed by atoms with van der Waals surface area (Å²) in [5, 5.41) is 2.49. The van der Waals surface area contributed by atoms with Crippen molar-refractivity contribution in [3.63, 3.8) is 0 Å². The van der Waals surface area contributed by atoms with Crippen molar-refractivity contribution in [1.29, 1.82) is 0 Å². The number of rotatable bonds is 6. The van der Waals surface area contributed by atoms with Gasteiger partial charge in [-0.1, -0.05) is 0 Å². The number of anilines is 1. The number of nitrogens with one attached hydrogen (secondary N) is 2. The first-order chi connectivity index (χ1) is 8.89. The van der Waals surface area contributed by atoms with Gasteiger partial charge in [0, 0.05) is 18.3 Å². The minimum atomic E-state index is -3.33. The molecule has 106 valence electrons. The van der Waals surface area contributed by atoms with Gasteiger partial charge in [-0.25, -0.2) is 13.1 Å². The van der Waals surface area contributed by atoms with E-state index in [1.807, 2.05) is 0 Å². The van der Waals surface area contributed by atoms with Crippen molar-refractivity contribution in [2.75, 3.05) is 32.2 Å². The zero-order valence-corrected chi connectivity index (χ0v) is 11.6. The van der Waals surface area contributed by atoms with Crippen LogP contribution >= 0.6 is 0 Å². The highest BCUT2D eigenvalue weighted by Crippen LogP contribution is 2.19. The zero-order valence-electron chi connectivity index (χ0n) is 10.8. The number of methoxy groups -OCH3 is 1. The number of hydrogen-bond donors (Lipinski definition) is 3. The highest BCUT2D eigenvalue weighted by Gasteiger charge is 2.12. The van der Waals surface area contributed by atoms with Gasteiger partial charge in [-0.05, 0) is 19.2 Å². The first-order valence-electron chi connectivity index (χ1n) is 5.52. The molecule has 0 saturated heterocycles. The number of amides is 1. The Balaban J connectivity index is 2.64. The highest BCUT2D eigenvalue weighted by atomic mass is 32.2. The van der Waals surface area contributed by atoms with E-state index in [0.29, 0.717) is 5.75 Å². The van der Waals surface area contributed by atoms with Crippen molar-refractivity contribution in [2.45, 2.75) is 0 Å². The summed E-state index contributed by atoms with van der Waals surface area (Å²) in [5.74, 6) is -0.0658. The summed E-state index contributed by atoms with van der Waals surface area (Å²) in [6.07, 6.45) is 0. The SMILES string of the molecule is CNS(=O)(=O)CCNC(=O)c1ccc(OC)cc1N. The summed E-state index contributed by atoms with van der Waals surface area (Å²) in [6, 6.07) is 4.66. The molecule has 0 aliphatic rings. The fourth-order valence-electron chi connectivity index (χ4n) is 1.37. The molecule has 0 radical (unpaired) electrons. The molecule has 0 aliphatic carbocycles. The standard InChI is InChI=1S/C11H17N3O4S/c1-13-19(16,17)6-5-14-11(15)9-4-3-8(18-2)7-10(9)12/h3-4,7,13H,5-6,12H2,1-2H3,(H,14,15). The summed E-state index contributed by atoms with van der Waals surface area (Å²) in [5.41, 5.74) is 6.26. The van der Waals surface area contributed by atoms with Gasteiger partial charge in [0.05, 0.1) is 18.4 Å². The van der Waals surface area contributed by atoms with E-state index in [1.54, 1.807) is 6.07 Å². The molecule has 0 unspecified atom stereocenters. The lowest BCUT2D eigenvalue weighted by molar-refractivity contribution is 0.0957. The van der Waals surface area contributed by atoms with E-state index in [-0.39, 0.29) is 23.5 Å². The second-order valence-corrected chi connectivity index (χ2v) is 5.78. The third kappa shape index (κ3) is 4.42. The van der Waals surface area contributed by atoms with Crippen LogP contribution in [0.5, 0.6) is 5.75 Å². The number of benzene rings is 1. The lowest BCUT2D eigenvalue weighted by Gasteiger charge is -2.09. The molecule has 0 bridgehead atoms. The number of nitrogen functional groups attached to an aromatic ring is 1. The molecule has 1 amide bonds. The van der Waals surface area contributed by atoms with Gasteiger partial charge in [0.2, 0.25) is 10.0 Å². The number of hydrogen-bond acceptors (Lipinski definition) is 5. The van der Waals surface area contributed by atoms with E-state index < -0.39 is 15.9 Å². The van der Waals surface area contributed by atoms with Crippen molar-refractivity contribution in [2.24, 2.45) is 0 Å². The Morgan fingerprint density at radius 3 is 2.63 bits per heavy atom. The van der Waals surface area contributed by atoms with Crippen molar-refractivity contribution >= 4 is 21.6 Å². The maximum Gasteiger partial charge on any atom is 0.253 e. The summed E-state index contributed by atoms with van der Waals surface area (Å²) < 4.78 is 29.5. The van der Waals surface area contributed by atoms with Crippen LogP contribution < -0.4 is 20.5 Å². The second kappa shape index (κ2) is 6.39. The lowest BCUT2D eigenvalue weighted by Crippen LogP contribution is -2.33. The highest BCUT2D eigenvalue weighted by molar-refractivity contribution is 7.89. The molecular formula is C11H17N3O4S. The maximum absolute atomic E-state index is 11.8. The summed E-state index contributed by atoms with van der Waals surface area (Å²) in [6.45, 7) is 0.00742. The van der Waals surface area contributed by atoms with E-state index in [9.17, 15) is 13.2 Å². The predicted octanol–water partition coefficient (Wildman–Crippen LogP) is -0.444. The molecule has 19 heavy (non-hydrogen) atoms. The van der Waals surface area contributed by atoms with Crippen LogP contribution in [0.2, 0.25) is 0 Å². The number of ether oxygens (including phenoxy) is 1. The molecular weight excluding hydrogens is 270 g/mol. The van der Waals surface area contributed by atoms with Gasteiger partial charge in [0.1, 0.15) is 5.75 Å². The van der Waals surface area contributed by atoms with Crippen molar-refractivity contribution in [1.82, 2.24) is 10.0 Å². The van der Waals surface area contributed by atoms with Crippen LogP contribution in [0.15, 0.2) is 18.2 Å². The Hall–Kier alpha value is -1.80. The zero-order chi connectivity index (χ0) is 14.5. The molecule has 0 fully saturated rings. The van der Waals surface area contributed by atoms with Gasteiger partial charge >= 0.3 is 0 Å². The number of nitrogens with two attached hydrogens (primary N) is 1. The van der Waals surface area contributed by atoms with Crippen molar-refractivity contribution < 1.29 is 17.9 Å². The monoisotopic (exact) mass is 287 g/mol. The van der Waals surface area contributed by atoms with Gasteiger partial charge < -0.3 is 15.8 Å². The Kier molecular flexibility index (Phi) is 5.13. The van der Waals surface area contributed by atoms with Crippen molar-refractivity contribution in [3.05, 3.63) is 23.8 Å². The molecule has 0 heterocycles. The average molecular weight is 287 g/mol. The number of carbonyl (C=O) groups is 1. The number of sulfonamides is 1. The first kappa shape index (κ1) is 15.3. The summed E-state index contributed by atoms with van der Waals surface area (Å²) >= 11 is 0. The molecule has 0 saturated carbocycles. The van der Waals surface area contributed by atoms with Crippen LogP contribution in [0.3, 0.4) is 0 Å². The fraction of sp³-hybridized carbons (Fsp3) is 0.364. The smallest absolute Gasteiger partial charge is 0.253 e. The van der Waals surface area contributed by atoms with Crippen LogP contribution in [-0.2, 0) is 10.0 Å². The van der Waals surface area contributed by atoms with E-state index in [1.165, 1.54) is 26.3 Å². The molecule has 0 aromatic heterocycles. The lowest BCUT2D eigenvalue weighted by atomic mass is 10.1. The third-order valence-corrected chi connectivity index (χ3v) is 3.83. The van der Waals surface area contributed by atoms with Crippen LogP contribution in [-0.4, -0.2) is 40.8 Å². The van der Waals surface area contributed by atoms with Crippen LogP contribution in [0.1, 0.15) is 10.4 Å². The largest absolute Gasteiger partial charge is 0.497 e. The second-order valence-electron chi connectivity index (χ2n) is 3.73. The van der Waals surface area contributed by atoms with Gasteiger partial charge in [0.25, 0.3) is 5.91 Å². The summed E-state index contributed by atoms with van der Waals surface area (Å²) in [7, 11) is -0.519. The minimum absolute atomic E-state index is 0.00742. The molecule has 4 N–H and O–H groups in total. The van der Waals surface area contributed by atoms with Gasteiger partial charge in [-0.15, -0.1) is 0 Å². The molecule has 0 spiro atoms. The molecule has 8 heteroatoms. The van der Waals surface area contributed by atoms with Crippen molar-refractivity contribution in [3.8, 4) is 5.75 Å². The molecule has 0 atom stereocenters. The Morgan fingerprint density at radius 1 is 1.42 bits per heavy atom. The Morgan fingerprint density at radius 2 is 2.11 bits per heavy atom. The molecule has 7 nitrogen and oxygen atoms in total. The molecule has 1 aromatic rings. The Labute approximate surface area is 112 Å². The van der Waals surface area contributed by atoms with Crippen LogP contribution in [0.25, 0.3) is 0 Å². The maximum atomic E-state index is 11.8.